The van der Waals surface area contributed by atoms with Gasteiger partial charge in [-0.1, -0.05) is 0 Å². The highest BCUT2D eigenvalue weighted by molar-refractivity contribution is 6.23. The van der Waals surface area contributed by atoms with Gasteiger partial charge in [-0.3, -0.25) is 14.5 Å². The Kier molecular flexibility index (Phi) is 2.81. The fraction of sp³-hybridized carbons (Fsp3) is 0.308. The molecule has 6 heteroatoms. The van der Waals surface area contributed by atoms with Crippen molar-refractivity contribution in [2.24, 2.45) is 0 Å². The first-order valence-corrected chi connectivity index (χ1v) is 5.61. The number of hydrogen-bond donors (Lipinski definition) is 1. The standard InChI is InChI=1S/C13H13NO5/c1-13(2,12(17)18)14-10(15)8-5-4-7(19-3)6-9(8)11(14)16/h4-6H,1-3H3,(H,17,18). The van der Waals surface area contributed by atoms with Crippen molar-refractivity contribution in [2.75, 3.05) is 7.11 Å². The van der Waals surface area contributed by atoms with Crippen molar-refractivity contribution in [2.45, 2.75) is 19.4 Å². The van der Waals surface area contributed by atoms with Crippen molar-refractivity contribution in [3.05, 3.63) is 29.3 Å². The van der Waals surface area contributed by atoms with E-state index < -0.39 is 23.3 Å². The molecule has 1 aliphatic rings. The van der Waals surface area contributed by atoms with Gasteiger partial charge in [-0.25, -0.2) is 4.79 Å². The van der Waals surface area contributed by atoms with Crippen molar-refractivity contribution >= 4 is 17.8 Å². The number of ether oxygens (including phenoxy) is 1. The highest BCUT2D eigenvalue weighted by atomic mass is 16.5. The highest BCUT2D eigenvalue weighted by Gasteiger charge is 2.48. The van der Waals surface area contributed by atoms with Crippen LogP contribution >= 0.6 is 0 Å². The number of aliphatic carboxylic acids is 1. The third-order valence-electron chi connectivity index (χ3n) is 3.18. The lowest BCUT2D eigenvalue weighted by atomic mass is 10.0. The van der Waals surface area contributed by atoms with Crippen LogP contribution in [-0.2, 0) is 4.79 Å². The zero-order valence-electron chi connectivity index (χ0n) is 10.8. The summed E-state index contributed by atoms with van der Waals surface area (Å²) < 4.78 is 4.99. The van der Waals surface area contributed by atoms with E-state index in [0.717, 1.165) is 4.90 Å². The first kappa shape index (κ1) is 13.1. The van der Waals surface area contributed by atoms with E-state index in [2.05, 4.69) is 0 Å². The predicted octanol–water partition coefficient (Wildman–Crippen LogP) is 1.15. The Morgan fingerprint density at radius 2 is 1.79 bits per heavy atom. The summed E-state index contributed by atoms with van der Waals surface area (Å²) in [6.45, 7) is 2.63. The zero-order chi connectivity index (χ0) is 14.4. The molecule has 0 saturated heterocycles. The van der Waals surface area contributed by atoms with Crippen molar-refractivity contribution in [1.82, 2.24) is 4.90 Å². The quantitative estimate of drug-likeness (QED) is 0.827. The number of carbonyl (C=O) groups is 3. The summed E-state index contributed by atoms with van der Waals surface area (Å²) in [6.07, 6.45) is 0. The van der Waals surface area contributed by atoms with Crippen molar-refractivity contribution in [3.63, 3.8) is 0 Å². The van der Waals surface area contributed by atoms with E-state index in [1.165, 1.54) is 33.1 Å². The van der Waals surface area contributed by atoms with E-state index in [4.69, 9.17) is 9.84 Å². The van der Waals surface area contributed by atoms with Gasteiger partial charge in [0.1, 0.15) is 11.3 Å². The Morgan fingerprint density at radius 3 is 2.32 bits per heavy atom. The first-order valence-electron chi connectivity index (χ1n) is 5.61. The average molecular weight is 263 g/mol. The zero-order valence-corrected chi connectivity index (χ0v) is 10.8. The lowest BCUT2D eigenvalue weighted by Crippen LogP contribution is -2.52. The van der Waals surface area contributed by atoms with Crippen LogP contribution in [0.5, 0.6) is 5.75 Å². The topological polar surface area (TPSA) is 83.9 Å². The molecule has 0 unspecified atom stereocenters. The maximum absolute atomic E-state index is 12.2. The fourth-order valence-corrected chi connectivity index (χ4v) is 1.95. The maximum atomic E-state index is 12.2. The molecular formula is C13H13NO5. The molecule has 2 rings (SSSR count). The normalized spacial score (nSPS) is 14.6. The number of rotatable bonds is 3. The second kappa shape index (κ2) is 4.08. The van der Waals surface area contributed by atoms with Crippen LogP contribution in [0.2, 0.25) is 0 Å². The van der Waals surface area contributed by atoms with E-state index in [-0.39, 0.29) is 11.1 Å². The molecule has 100 valence electrons. The molecule has 1 N–H and O–H groups in total. The number of hydrogen-bond acceptors (Lipinski definition) is 4. The van der Waals surface area contributed by atoms with Crippen molar-refractivity contribution in [1.29, 1.82) is 0 Å². The van der Waals surface area contributed by atoms with Crippen LogP contribution in [-0.4, -0.2) is 40.4 Å². The van der Waals surface area contributed by atoms with E-state index in [1.54, 1.807) is 6.07 Å². The minimum Gasteiger partial charge on any atom is -0.497 e. The van der Waals surface area contributed by atoms with Gasteiger partial charge in [0.25, 0.3) is 11.8 Å². The van der Waals surface area contributed by atoms with Crippen LogP contribution < -0.4 is 4.74 Å². The number of fused-ring (bicyclic) bond motifs is 1. The number of carbonyl (C=O) groups excluding carboxylic acids is 2. The van der Waals surface area contributed by atoms with Gasteiger partial charge in [-0.15, -0.1) is 0 Å². The number of benzene rings is 1. The van der Waals surface area contributed by atoms with Crippen LogP contribution in [0.1, 0.15) is 34.6 Å². The second-order valence-electron chi connectivity index (χ2n) is 4.72. The summed E-state index contributed by atoms with van der Waals surface area (Å²) in [4.78, 5) is 36.3. The van der Waals surface area contributed by atoms with Gasteiger partial charge in [-0.2, -0.15) is 0 Å². The van der Waals surface area contributed by atoms with Crippen LogP contribution in [0.4, 0.5) is 0 Å². The lowest BCUT2D eigenvalue weighted by Gasteiger charge is -2.29. The smallest absolute Gasteiger partial charge is 0.329 e. The van der Waals surface area contributed by atoms with Crippen molar-refractivity contribution < 1.29 is 24.2 Å². The Balaban J connectivity index is 2.53. The molecule has 2 amide bonds. The lowest BCUT2D eigenvalue weighted by molar-refractivity contribution is -0.146. The molecule has 0 aromatic heterocycles. The van der Waals surface area contributed by atoms with Gasteiger partial charge in [0.2, 0.25) is 0 Å². The summed E-state index contributed by atoms with van der Waals surface area (Å²) in [5.74, 6) is -2.02. The highest BCUT2D eigenvalue weighted by Crippen LogP contribution is 2.31. The van der Waals surface area contributed by atoms with Gasteiger partial charge >= 0.3 is 5.97 Å². The molecule has 0 bridgehead atoms. The molecule has 6 nitrogen and oxygen atoms in total. The average Bonchev–Trinajstić information content (AvgIpc) is 2.61. The molecule has 0 saturated carbocycles. The molecule has 1 aromatic carbocycles. The van der Waals surface area contributed by atoms with E-state index in [9.17, 15) is 14.4 Å². The Labute approximate surface area is 109 Å². The second-order valence-corrected chi connectivity index (χ2v) is 4.72. The number of carboxylic acids is 1. The van der Waals surface area contributed by atoms with Crippen LogP contribution in [0.3, 0.4) is 0 Å². The van der Waals surface area contributed by atoms with Crippen molar-refractivity contribution in [3.8, 4) is 5.75 Å². The van der Waals surface area contributed by atoms with Crippen LogP contribution in [0.15, 0.2) is 18.2 Å². The van der Waals surface area contributed by atoms with Gasteiger partial charge in [0.15, 0.2) is 0 Å². The molecule has 0 atom stereocenters. The summed E-state index contributed by atoms with van der Waals surface area (Å²) in [7, 11) is 1.45. The van der Waals surface area contributed by atoms with Crippen LogP contribution in [0.25, 0.3) is 0 Å². The number of methoxy groups -OCH3 is 1. The van der Waals surface area contributed by atoms with E-state index in [1.807, 2.05) is 0 Å². The summed E-state index contributed by atoms with van der Waals surface area (Å²) in [6, 6.07) is 4.46. The number of imide groups is 1. The number of nitrogens with zero attached hydrogens (tertiary/aromatic N) is 1. The maximum Gasteiger partial charge on any atom is 0.329 e. The summed E-state index contributed by atoms with van der Waals surface area (Å²) in [5, 5.41) is 9.15. The fourth-order valence-electron chi connectivity index (χ4n) is 1.95. The largest absolute Gasteiger partial charge is 0.497 e. The molecule has 1 aromatic rings. The molecule has 19 heavy (non-hydrogen) atoms. The Morgan fingerprint density at radius 1 is 1.21 bits per heavy atom. The van der Waals surface area contributed by atoms with E-state index >= 15 is 0 Å². The van der Waals surface area contributed by atoms with Crippen LogP contribution in [0, 0.1) is 0 Å². The Hall–Kier alpha value is -2.37. The minimum absolute atomic E-state index is 0.165. The van der Waals surface area contributed by atoms with Gasteiger partial charge in [-0.05, 0) is 32.0 Å². The van der Waals surface area contributed by atoms with Gasteiger partial charge in [0, 0.05) is 0 Å². The monoisotopic (exact) mass is 263 g/mol. The van der Waals surface area contributed by atoms with E-state index in [0.29, 0.717) is 5.75 Å². The molecule has 1 heterocycles. The third-order valence-corrected chi connectivity index (χ3v) is 3.18. The SMILES string of the molecule is COc1ccc2c(c1)C(=O)N(C(C)(C)C(=O)O)C2=O. The predicted molar refractivity (Wildman–Crippen MR) is 65.2 cm³/mol. The molecule has 0 radical (unpaired) electrons. The third kappa shape index (κ3) is 1.76. The van der Waals surface area contributed by atoms with Gasteiger partial charge < -0.3 is 9.84 Å². The summed E-state index contributed by atoms with van der Waals surface area (Å²) in [5.41, 5.74) is -1.24. The Bertz CT molecular complexity index is 591. The number of carboxylic acid groups (broad SMARTS) is 1. The summed E-state index contributed by atoms with van der Waals surface area (Å²) >= 11 is 0. The minimum atomic E-state index is -1.60. The molecule has 0 fully saturated rings. The molecule has 1 aliphatic heterocycles. The molecule has 0 aliphatic carbocycles. The molecular weight excluding hydrogens is 250 g/mol. The molecule has 0 spiro atoms. The number of amides is 2. The van der Waals surface area contributed by atoms with Gasteiger partial charge in [0.05, 0.1) is 18.2 Å². The first-order chi connectivity index (χ1) is 8.80.